The lowest BCUT2D eigenvalue weighted by Gasteiger charge is -2.06. The van der Waals surface area contributed by atoms with Crippen LogP contribution in [0.5, 0.6) is 0 Å². The van der Waals surface area contributed by atoms with Crippen LogP contribution in [-0.2, 0) is 13.2 Å². The van der Waals surface area contributed by atoms with E-state index in [4.69, 9.17) is 5.11 Å². The van der Waals surface area contributed by atoms with Gasteiger partial charge in [-0.3, -0.25) is 0 Å². The highest BCUT2D eigenvalue weighted by Crippen LogP contribution is 2.18. The van der Waals surface area contributed by atoms with Crippen molar-refractivity contribution in [2.45, 2.75) is 25.2 Å². The highest BCUT2D eigenvalue weighted by Gasteiger charge is 2.07. The number of hydrogen-bond donors (Lipinski definition) is 1. The van der Waals surface area contributed by atoms with Crippen molar-refractivity contribution in [3.05, 3.63) is 47.8 Å². The van der Waals surface area contributed by atoms with Crippen molar-refractivity contribution in [3.8, 4) is 0 Å². The maximum Gasteiger partial charge on any atom is 0.168 e. The first-order valence-electron chi connectivity index (χ1n) is 5.67. The van der Waals surface area contributed by atoms with E-state index in [1.165, 1.54) is 5.56 Å². The first-order chi connectivity index (χ1) is 8.33. The predicted molar refractivity (Wildman–Crippen MR) is 70.1 cm³/mol. The molecule has 0 saturated carbocycles. The first-order valence-corrected chi connectivity index (χ1v) is 6.65. The van der Waals surface area contributed by atoms with Gasteiger partial charge in [0.25, 0.3) is 0 Å². The Morgan fingerprint density at radius 2 is 2.06 bits per heavy atom. The third-order valence-corrected chi connectivity index (χ3v) is 3.29. The number of hydrogen-bond acceptors (Lipinski definition) is 3. The van der Waals surface area contributed by atoms with E-state index >= 15 is 0 Å². The summed E-state index contributed by atoms with van der Waals surface area (Å²) in [7, 11) is 0. The average molecular weight is 248 g/mol. The van der Waals surface area contributed by atoms with Crippen LogP contribution in [0.1, 0.15) is 18.2 Å². The van der Waals surface area contributed by atoms with Gasteiger partial charge in [-0.05, 0) is 11.3 Å². The van der Waals surface area contributed by atoms with Crippen molar-refractivity contribution >= 4 is 11.8 Å². The molecule has 3 nitrogen and oxygen atoms in total. The minimum absolute atomic E-state index is 0.000929. The molecule has 0 aliphatic heterocycles. The summed E-state index contributed by atoms with van der Waals surface area (Å²) >= 11 is 1.70. The fourth-order valence-corrected chi connectivity index (χ4v) is 2.39. The van der Waals surface area contributed by atoms with Gasteiger partial charge in [-0.15, -0.1) is 0 Å². The maximum absolute atomic E-state index is 9.12. The van der Waals surface area contributed by atoms with Crippen molar-refractivity contribution < 1.29 is 5.11 Å². The fourth-order valence-electron chi connectivity index (χ4n) is 1.66. The molecule has 0 spiro atoms. The van der Waals surface area contributed by atoms with Gasteiger partial charge < -0.3 is 9.67 Å². The molecular weight excluding hydrogens is 232 g/mol. The number of nitrogens with zero attached hydrogens (tertiary/aromatic N) is 2. The van der Waals surface area contributed by atoms with Crippen molar-refractivity contribution in [1.29, 1.82) is 0 Å². The van der Waals surface area contributed by atoms with Crippen LogP contribution in [0, 0.1) is 0 Å². The Morgan fingerprint density at radius 3 is 2.71 bits per heavy atom. The minimum Gasteiger partial charge on any atom is -0.390 e. The number of benzene rings is 1. The molecule has 0 atom stereocenters. The fraction of sp³-hybridized carbons (Fsp3) is 0.308. The first kappa shape index (κ1) is 12.2. The Labute approximate surface area is 106 Å². The largest absolute Gasteiger partial charge is 0.390 e. The second kappa shape index (κ2) is 5.89. The SMILES string of the molecule is CCSc1nc(CO)cn1Cc1ccccc1. The van der Waals surface area contributed by atoms with E-state index in [1.54, 1.807) is 11.8 Å². The molecule has 0 fully saturated rings. The van der Waals surface area contributed by atoms with Gasteiger partial charge in [0.05, 0.1) is 12.3 Å². The molecule has 0 bridgehead atoms. The smallest absolute Gasteiger partial charge is 0.168 e. The van der Waals surface area contributed by atoms with Crippen LogP contribution < -0.4 is 0 Å². The molecular formula is C13H16N2OS. The van der Waals surface area contributed by atoms with Gasteiger partial charge in [0.15, 0.2) is 5.16 Å². The van der Waals surface area contributed by atoms with Gasteiger partial charge >= 0.3 is 0 Å². The van der Waals surface area contributed by atoms with Crippen LogP contribution in [0.3, 0.4) is 0 Å². The van der Waals surface area contributed by atoms with Crippen LogP contribution >= 0.6 is 11.8 Å². The van der Waals surface area contributed by atoms with Gasteiger partial charge in [-0.2, -0.15) is 0 Å². The topological polar surface area (TPSA) is 38.1 Å². The normalized spacial score (nSPS) is 10.7. The number of aliphatic hydroxyl groups excluding tert-OH is 1. The number of aliphatic hydroxyl groups is 1. The molecule has 2 aromatic rings. The third-order valence-electron chi connectivity index (χ3n) is 2.42. The summed E-state index contributed by atoms with van der Waals surface area (Å²) in [5.74, 6) is 0.983. The zero-order valence-electron chi connectivity index (χ0n) is 9.84. The molecule has 1 N–H and O–H groups in total. The Kier molecular flexibility index (Phi) is 4.23. The van der Waals surface area contributed by atoms with Crippen LogP contribution in [-0.4, -0.2) is 20.4 Å². The van der Waals surface area contributed by atoms with Gasteiger partial charge in [0.2, 0.25) is 0 Å². The summed E-state index contributed by atoms with van der Waals surface area (Å²) in [6.07, 6.45) is 1.92. The second-order valence-electron chi connectivity index (χ2n) is 3.72. The Bertz CT molecular complexity index is 468. The lowest BCUT2D eigenvalue weighted by atomic mass is 10.2. The Hall–Kier alpha value is -1.26. The molecule has 0 aliphatic carbocycles. The van der Waals surface area contributed by atoms with E-state index in [9.17, 15) is 0 Å². The molecule has 0 aliphatic rings. The summed E-state index contributed by atoms with van der Waals surface area (Å²) < 4.78 is 2.09. The molecule has 0 amide bonds. The summed E-state index contributed by atoms with van der Waals surface area (Å²) in [6, 6.07) is 10.3. The average Bonchev–Trinajstić information content (AvgIpc) is 2.74. The Balaban J connectivity index is 2.22. The summed E-state index contributed by atoms with van der Waals surface area (Å²) in [5, 5.41) is 10.1. The third kappa shape index (κ3) is 3.11. The van der Waals surface area contributed by atoms with E-state index in [1.807, 2.05) is 24.4 Å². The number of aromatic nitrogens is 2. The van der Waals surface area contributed by atoms with Crippen LogP contribution in [0.4, 0.5) is 0 Å². The predicted octanol–water partition coefficient (Wildman–Crippen LogP) is 2.54. The molecule has 2 rings (SSSR count). The monoisotopic (exact) mass is 248 g/mol. The second-order valence-corrected chi connectivity index (χ2v) is 4.95. The number of rotatable bonds is 5. The van der Waals surface area contributed by atoms with E-state index < -0.39 is 0 Å². The molecule has 1 aromatic carbocycles. The molecule has 17 heavy (non-hydrogen) atoms. The van der Waals surface area contributed by atoms with Gasteiger partial charge in [-0.1, -0.05) is 49.0 Å². The van der Waals surface area contributed by atoms with Crippen molar-refractivity contribution in [3.63, 3.8) is 0 Å². The molecule has 0 saturated heterocycles. The zero-order chi connectivity index (χ0) is 12.1. The van der Waals surface area contributed by atoms with E-state index in [2.05, 4.69) is 28.6 Å². The summed E-state index contributed by atoms with van der Waals surface area (Å²) in [5.41, 5.74) is 1.98. The number of thioether (sulfide) groups is 1. The standard InChI is InChI=1S/C13H16N2OS/c1-2-17-13-14-12(10-16)9-15(13)8-11-6-4-3-5-7-11/h3-7,9,16H,2,8,10H2,1H3. The minimum atomic E-state index is -0.000929. The molecule has 0 radical (unpaired) electrons. The molecule has 90 valence electrons. The lowest BCUT2D eigenvalue weighted by Crippen LogP contribution is -1.99. The number of imidazole rings is 1. The quantitative estimate of drug-likeness (QED) is 0.826. The van der Waals surface area contributed by atoms with Crippen LogP contribution in [0.25, 0.3) is 0 Å². The molecule has 1 heterocycles. The van der Waals surface area contributed by atoms with Crippen molar-refractivity contribution in [1.82, 2.24) is 9.55 Å². The Morgan fingerprint density at radius 1 is 1.29 bits per heavy atom. The van der Waals surface area contributed by atoms with Gasteiger partial charge in [0.1, 0.15) is 0 Å². The van der Waals surface area contributed by atoms with Crippen LogP contribution in [0.2, 0.25) is 0 Å². The molecule has 1 aromatic heterocycles. The summed E-state index contributed by atoms with van der Waals surface area (Å²) in [4.78, 5) is 4.39. The van der Waals surface area contributed by atoms with Gasteiger partial charge in [0, 0.05) is 12.7 Å². The molecule has 4 heteroatoms. The van der Waals surface area contributed by atoms with Gasteiger partial charge in [-0.25, -0.2) is 4.98 Å². The van der Waals surface area contributed by atoms with E-state index in [0.717, 1.165) is 23.1 Å². The maximum atomic E-state index is 9.12. The van der Waals surface area contributed by atoms with Crippen LogP contribution in [0.15, 0.2) is 41.7 Å². The zero-order valence-corrected chi connectivity index (χ0v) is 10.7. The van der Waals surface area contributed by atoms with E-state index in [0.29, 0.717) is 0 Å². The lowest BCUT2D eigenvalue weighted by molar-refractivity contribution is 0.277. The molecule has 0 unspecified atom stereocenters. The highest BCUT2D eigenvalue weighted by atomic mass is 32.2. The highest BCUT2D eigenvalue weighted by molar-refractivity contribution is 7.99. The van der Waals surface area contributed by atoms with E-state index in [-0.39, 0.29) is 6.61 Å². The van der Waals surface area contributed by atoms with Crippen molar-refractivity contribution in [2.75, 3.05) is 5.75 Å². The summed E-state index contributed by atoms with van der Waals surface area (Å²) in [6.45, 7) is 2.90. The van der Waals surface area contributed by atoms with Crippen molar-refractivity contribution in [2.24, 2.45) is 0 Å².